The second kappa shape index (κ2) is 9.85. The summed E-state index contributed by atoms with van der Waals surface area (Å²) in [7, 11) is -3.25. The van der Waals surface area contributed by atoms with Crippen LogP contribution in [0.4, 0.5) is 18.9 Å². The van der Waals surface area contributed by atoms with E-state index in [1.165, 1.54) is 6.92 Å². The minimum absolute atomic E-state index is 0.0883. The summed E-state index contributed by atoms with van der Waals surface area (Å²) in [6.07, 6.45) is -4.47. The topological polar surface area (TPSA) is 129 Å². The first kappa shape index (κ1) is 25.6. The first-order valence-electron chi connectivity index (χ1n) is 8.86. The minimum atomic E-state index is -4.68. The van der Waals surface area contributed by atoms with Crippen LogP contribution in [-0.2, 0) is 20.3 Å². The molecule has 0 spiro atoms. The fraction of sp³-hybridized carbons (Fsp3) is 0.333. The molecule has 0 bridgehead atoms. The van der Waals surface area contributed by atoms with E-state index in [4.69, 9.17) is 16.3 Å². The Balaban J connectivity index is 2.40. The average molecular weight is 497 g/mol. The summed E-state index contributed by atoms with van der Waals surface area (Å²) in [4.78, 5) is 35.9. The molecule has 0 amide bonds. The SMILES string of the molecule is COC(=O)CCC(C)P(=O)(O)c1cc(Oc2ncc(C(F)(F)F)cc2Cl)ccc1[N+](=O)[O-]. The van der Waals surface area contributed by atoms with E-state index in [9.17, 15) is 37.5 Å². The summed E-state index contributed by atoms with van der Waals surface area (Å²) < 4.78 is 61.1. The predicted molar refractivity (Wildman–Crippen MR) is 108 cm³/mol. The number of carbonyl (C=O) groups is 1. The standard InChI is InChI=1S/C18H17ClF3N2O7P/c1-10(3-6-16(25)30-2)32(28,29)15-8-12(4-5-14(15)24(26)27)31-17-13(19)7-11(9-23-17)18(20,21)22/h4-5,7-10H,3,6H2,1-2H3,(H,28,29). The lowest BCUT2D eigenvalue weighted by molar-refractivity contribution is -0.383. The Morgan fingerprint density at radius 1 is 1.38 bits per heavy atom. The molecule has 2 aromatic rings. The summed E-state index contributed by atoms with van der Waals surface area (Å²) in [5.41, 5.74) is -2.83. The summed E-state index contributed by atoms with van der Waals surface area (Å²) in [5.74, 6) is -1.27. The van der Waals surface area contributed by atoms with Gasteiger partial charge >= 0.3 is 12.1 Å². The number of halogens is 4. The van der Waals surface area contributed by atoms with Crippen molar-refractivity contribution >= 4 is 35.9 Å². The van der Waals surface area contributed by atoms with E-state index in [1.54, 1.807) is 0 Å². The third kappa shape index (κ3) is 5.96. The van der Waals surface area contributed by atoms with Gasteiger partial charge in [-0.3, -0.25) is 19.5 Å². The second-order valence-corrected chi connectivity index (χ2v) is 9.62. The zero-order valence-electron chi connectivity index (χ0n) is 16.6. The number of rotatable bonds is 8. The Morgan fingerprint density at radius 3 is 2.56 bits per heavy atom. The first-order valence-corrected chi connectivity index (χ1v) is 11.0. The molecule has 32 heavy (non-hydrogen) atoms. The molecule has 0 saturated heterocycles. The van der Waals surface area contributed by atoms with Crippen molar-refractivity contribution < 1.29 is 41.8 Å². The third-order valence-electron chi connectivity index (χ3n) is 4.43. The molecule has 1 aromatic heterocycles. The maximum absolute atomic E-state index is 13.0. The highest BCUT2D eigenvalue weighted by Crippen LogP contribution is 2.50. The number of ether oxygens (including phenoxy) is 2. The summed E-state index contributed by atoms with van der Waals surface area (Å²) >= 11 is 5.79. The number of benzene rings is 1. The molecule has 1 N–H and O–H groups in total. The predicted octanol–water partition coefficient (Wildman–Crippen LogP) is 4.69. The van der Waals surface area contributed by atoms with E-state index < -0.39 is 57.6 Å². The lowest BCUT2D eigenvalue weighted by atomic mass is 10.2. The highest BCUT2D eigenvalue weighted by Gasteiger charge is 2.37. The van der Waals surface area contributed by atoms with Crippen molar-refractivity contribution in [3.8, 4) is 11.6 Å². The van der Waals surface area contributed by atoms with Crippen LogP contribution >= 0.6 is 19.0 Å². The molecular weight excluding hydrogens is 480 g/mol. The Hall–Kier alpha value is -2.69. The molecule has 2 rings (SSSR count). The third-order valence-corrected chi connectivity index (χ3v) is 7.20. The van der Waals surface area contributed by atoms with Crippen molar-refractivity contribution in [2.75, 3.05) is 7.11 Å². The number of nitro benzene ring substituents is 1. The van der Waals surface area contributed by atoms with Crippen LogP contribution in [0, 0.1) is 10.1 Å². The zero-order chi connectivity index (χ0) is 24.3. The van der Waals surface area contributed by atoms with Gasteiger partial charge in [-0.15, -0.1) is 0 Å². The van der Waals surface area contributed by atoms with Gasteiger partial charge in [-0.05, 0) is 18.6 Å². The quantitative estimate of drug-likeness (QED) is 0.241. The van der Waals surface area contributed by atoms with Gasteiger partial charge in [-0.2, -0.15) is 13.2 Å². The van der Waals surface area contributed by atoms with Gasteiger partial charge in [0.15, 0.2) is 0 Å². The number of carbonyl (C=O) groups excluding carboxylic acids is 1. The summed E-state index contributed by atoms with van der Waals surface area (Å²) in [5, 5.41) is 10.3. The molecule has 0 saturated carbocycles. The van der Waals surface area contributed by atoms with Crippen molar-refractivity contribution in [3.05, 3.63) is 51.2 Å². The van der Waals surface area contributed by atoms with Crippen LogP contribution in [0.3, 0.4) is 0 Å². The van der Waals surface area contributed by atoms with Gasteiger partial charge in [0.2, 0.25) is 13.2 Å². The number of pyridine rings is 1. The molecule has 0 fully saturated rings. The van der Waals surface area contributed by atoms with E-state index >= 15 is 0 Å². The van der Waals surface area contributed by atoms with Crippen LogP contribution < -0.4 is 10.0 Å². The van der Waals surface area contributed by atoms with Crippen LogP contribution in [0.25, 0.3) is 0 Å². The minimum Gasteiger partial charge on any atom is -0.469 e. The number of aromatic nitrogens is 1. The number of nitro groups is 1. The largest absolute Gasteiger partial charge is 0.469 e. The van der Waals surface area contributed by atoms with E-state index in [0.717, 1.165) is 25.3 Å². The number of methoxy groups -OCH3 is 1. The van der Waals surface area contributed by atoms with Crippen LogP contribution in [0.1, 0.15) is 25.3 Å². The number of esters is 1. The van der Waals surface area contributed by atoms with Crippen LogP contribution in [-0.4, -0.2) is 33.5 Å². The van der Waals surface area contributed by atoms with E-state index in [-0.39, 0.29) is 18.6 Å². The maximum Gasteiger partial charge on any atom is 0.417 e. The van der Waals surface area contributed by atoms with Gasteiger partial charge in [-0.1, -0.05) is 18.5 Å². The molecule has 174 valence electrons. The molecule has 1 heterocycles. The number of hydrogen-bond donors (Lipinski definition) is 1. The highest BCUT2D eigenvalue weighted by atomic mass is 35.5. The fourth-order valence-corrected chi connectivity index (χ4v) is 4.54. The molecule has 14 heteroatoms. The van der Waals surface area contributed by atoms with Crippen LogP contribution in [0.5, 0.6) is 11.6 Å². The monoisotopic (exact) mass is 496 g/mol. The Kier molecular flexibility index (Phi) is 7.87. The molecule has 9 nitrogen and oxygen atoms in total. The van der Waals surface area contributed by atoms with Gasteiger partial charge in [-0.25, -0.2) is 4.98 Å². The van der Waals surface area contributed by atoms with Gasteiger partial charge in [0.1, 0.15) is 16.1 Å². The Bertz CT molecular complexity index is 1080. The molecular formula is C18H17ClF3N2O7P. The first-order chi connectivity index (χ1) is 14.8. The average Bonchev–Trinajstić information content (AvgIpc) is 2.72. The van der Waals surface area contributed by atoms with Crippen molar-refractivity contribution in [1.29, 1.82) is 0 Å². The number of alkyl halides is 3. The van der Waals surface area contributed by atoms with Gasteiger partial charge in [0, 0.05) is 30.4 Å². The molecule has 0 radical (unpaired) electrons. The molecule has 2 unspecified atom stereocenters. The van der Waals surface area contributed by atoms with Crippen molar-refractivity contribution in [2.24, 2.45) is 0 Å². The fourth-order valence-electron chi connectivity index (χ4n) is 2.59. The van der Waals surface area contributed by atoms with E-state index in [1.807, 2.05) is 0 Å². The molecule has 0 aliphatic heterocycles. The van der Waals surface area contributed by atoms with Crippen molar-refractivity contribution in [2.45, 2.75) is 31.6 Å². The molecule has 0 aliphatic rings. The Morgan fingerprint density at radius 2 is 2.03 bits per heavy atom. The van der Waals surface area contributed by atoms with E-state index in [2.05, 4.69) is 9.72 Å². The highest BCUT2D eigenvalue weighted by molar-refractivity contribution is 7.67. The Labute approximate surface area is 184 Å². The molecule has 0 aliphatic carbocycles. The van der Waals surface area contributed by atoms with Gasteiger partial charge < -0.3 is 14.4 Å². The normalized spacial score (nSPS) is 14.3. The van der Waals surface area contributed by atoms with Gasteiger partial charge in [0.25, 0.3) is 5.69 Å². The van der Waals surface area contributed by atoms with Crippen LogP contribution in [0.2, 0.25) is 5.02 Å². The van der Waals surface area contributed by atoms with Crippen LogP contribution in [0.15, 0.2) is 30.5 Å². The molecule has 1 aromatic carbocycles. The van der Waals surface area contributed by atoms with Gasteiger partial charge in [0.05, 0.1) is 17.6 Å². The van der Waals surface area contributed by atoms with Crippen molar-refractivity contribution in [3.63, 3.8) is 0 Å². The molecule has 2 atom stereocenters. The maximum atomic E-state index is 13.0. The lowest BCUT2D eigenvalue weighted by Gasteiger charge is -2.20. The second-order valence-electron chi connectivity index (χ2n) is 6.61. The van der Waals surface area contributed by atoms with Crippen molar-refractivity contribution in [1.82, 2.24) is 4.98 Å². The number of nitrogens with zero attached hydrogens (tertiary/aromatic N) is 2. The zero-order valence-corrected chi connectivity index (χ0v) is 18.3. The summed E-state index contributed by atoms with van der Waals surface area (Å²) in [6, 6.07) is 3.50. The smallest absolute Gasteiger partial charge is 0.417 e. The van der Waals surface area contributed by atoms with E-state index in [0.29, 0.717) is 12.3 Å². The lowest BCUT2D eigenvalue weighted by Crippen LogP contribution is -2.19. The summed E-state index contributed by atoms with van der Waals surface area (Å²) in [6.45, 7) is 1.34. The number of hydrogen-bond acceptors (Lipinski definition) is 7.